The summed E-state index contributed by atoms with van der Waals surface area (Å²) in [5.41, 5.74) is 0.984. The number of benzene rings is 1. The zero-order valence-electron chi connectivity index (χ0n) is 13.0. The number of aryl methyl sites for hydroxylation is 1. The lowest BCUT2D eigenvalue weighted by Gasteiger charge is -2.17. The van der Waals surface area contributed by atoms with Crippen molar-refractivity contribution in [1.82, 2.24) is 5.32 Å². The molecule has 0 saturated heterocycles. The smallest absolute Gasteiger partial charge is 0.244 e. The van der Waals surface area contributed by atoms with Gasteiger partial charge in [-0.25, -0.2) is 0 Å². The van der Waals surface area contributed by atoms with E-state index in [9.17, 15) is 4.79 Å². The molecule has 3 nitrogen and oxygen atoms in total. The van der Waals surface area contributed by atoms with Gasteiger partial charge in [0.1, 0.15) is 11.5 Å². The van der Waals surface area contributed by atoms with Crippen LogP contribution in [-0.4, -0.2) is 5.91 Å². The monoisotopic (exact) mass is 357 g/mol. The van der Waals surface area contributed by atoms with Gasteiger partial charge in [-0.05, 0) is 54.3 Å². The molecule has 0 fully saturated rings. The summed E-state index contributed by atoms with van der Waals surface area (Å²) in [6.45, 7) is 1.87. The van der Waals surface area contributed by atoms with Gasteiger partial charge in [-0.2, -0.15) is 0 Å². The van der Waals surface area contributed by atoms with Crippen LogP contribution in [0.3, 0.4) is 0 Å². The van der Waals surface area contributed by atoms with Crippen LogP contribution < -0.4 is 5.32 Å². The Bertz CT molecular complexity index is 835. The van der Waals surface area contributed by atoms with E-state index >= 15 is 0 Å². The molecular formula is C19H16ClNO2S. The molecule has 1 aromatic carbocycles. The topological polar surface area (TPSA) is 42.2 Å². The molecule has 1 atom stereocenters. The van der Waals surface area contributed by atoms with Crippen molar-refractivity contribution in [3.63, 3.8) is 0 Å². The van der Waals surface area contributed by atoms with Crippen LogP contribution in [0.15, 0.2) is 64.4 Å². The predicted octanol–water partition coefficient (Wildman–Crippen LogP) is 5.22. The van der Waals surface area contributed by atoms with Crippen molar-refractivity contribution in [2.75, 3.05) is 0 Å². The van der Waals surface area contributed by atoms with Crippen LogP contribution in [-0.2, 0) is 4.79 Å². The van der Waals surface area contributed by atoms with Crippen molar-refractivity contribution in [3.8, 4) is 0 Å². The Kier molecular flexibility index (Phi) is 5.18. The van der Waals surface area contributed by atoms with Crippen LogP contribution >= 0.6 is 22.9 Å². The number of hydrogen-bond acceptors (Lipinski definition) is 3. The van der Waals surface area contributed by atoms with Crippen molar-refractivity contribution >= 4 is 34.9 Å². The minimum Gasteiger partial charge on any atom is -0.462 e. The lowest BCUT2D eigenvalue weighted by atomic mass is 10.1. The average Bonchev–Trinajstić information content (AvgIpc) is 3.23. The van der Waals surface area contributed by atoms with Crippen LogP contribution in [0.25, 0.3) is 6.08 Å². The molecule has 2 heterocycles. The molecule has 0 aliphatic heterocycles. The molecule has 24 heavy (non-hydrogen) atoms. The van der Waals surface area contributed by atoms with Crippen LogP contribution in [0.2, 0.25) is 5.02 Å². The molecule has 0 aliphatic rings. The number of nitrogens with one attached hydrogen (secondary N) is 1. The van der Waals surface area contributed by atoms with Gasteiger partial charge in [-0.15, -0.1) is 11.3 Å². The van der Waals surface area contributed by atoms with Gasteiger partial charge in [0.2, 0.25) is 5.91 Å². The van der Waals surface area contributed by atoms with Crippen LogP contribution in [0.5, 0.6) is 0 Å². The molecule has 0 radical (unpaired) electrons. The highest BCUT2D eigenvalue weighted by molar-refractivity contribution is 7.10. The molecule has 0 unspecified atom stereocenters. The van der Waals surface area contributed by atoms with E-state index in [1.807, 2.05) is 60.8 Å². The van der Waals surface area contributed by atoms with E-state index in [2.05, 4.69) is 5.32 Å². The Morgan fingerprint density at radius 3 is 2.62 bits per heavy atom. The van der Waals surface area contributed by atoms with Crippen LogP contribution in [0.4, 0.5) is 0 Å². The number of carbonyl (C=O) groups excluding carboxylic acids is 1. The summed E-state index contributed by atoms with van der Waals surface area (Å²) in [4.78, 5) is 13.4. The highest BCUT2D eigenvalue weighted by Crippen LogP contribution is 2.27. The first-order chi connectivity index (χ1) is 11.6. The van der Waals surface area contributed by atoms with E-state index in [1.54, 1.807) is 17.4 Å². The molecule has 2 aromatic heterocycles. The zero-order chi connectivity index (χ0) is 16.9. The van der Waals surface area contributed by atoms with E-state index in [0.717, 1.165) is 16.2 Å². The van der Waals surface area contributed by atoms with E-state index in [1.165, 1.54) is 6.08 Å². The summed E-state index contributed by atoms with van der Waals surface area (Å²) in [7, 11) is 0. The lowest BCUT2D eigenvalue weighted by Crippen LogP contribution is -2.27. The molecule has 0 saturated carbocycles. The molecule has 5 heteroatoms. The Labute approximate surface area is 149 Å². The number of amides is 1. The number of halogens is 1. The Morgan fingerprint density at radius 1 is 1.21 bits per heavy atom. The third-order valence-corrected chi connectivity index (χ3v) is 4.67. The second-order valence-corrected chi connectivity index (χ2v) is 6.71. The first-order valence-corrected chi connectivity index (χ1v) is 8.71. The van der Waals surface area contributed by atoms with Crippen molar-refractivity contribution in [2.24, 2.45) is 0 Å². The molecule has 0 aliphatic carbocycles. The first-order valence-electron chi connectivity index (χ1n) is 7.46. The highest BCUT2D eigenvalue weighted by atomic mass is 35.5. The fraction of sp³-hybridized carbons (Fsp3) is 0.105. The number of thiophene rings is 1. The first kappa shape index (κ1) is 16.6. The second-order valence-electron chi connectivity index (χ2n) is 5.29. The van der Waals surface area contributed by atoms with Gasteiger partial charge in [0.25, 0.3) is 0 Å². The molecule has 0 bridgehead atoms. The summed E-state index contributed by atoms with van der Waals surface area (Å²) in [5, 5.41) is 5.69. The molecule has 122 valence electrons. The summed E-state index contributed by atoms with van der Waals surface area (Å²) in [6.07, 6.45) is 3.14. The standard InChI is InChI=1S/C19H16ClNO2S/c1-13-4-9-16(23-13)10-11-18(22)21-19(17-3-2-12-24-17)14-5-7-15(20)8-6-14/h2-12,19H,1H3,(H,21,22)/b11-10-/t19-/m0/s1. The maximum absolute atomic E-state index is 12.3. The number of rotatable bonds is 5. The average molecular weight is 358 g/mol. The normalized spacial score (nSPS) is 12.4. The van der Waals surface area contributed by atoms with Gasteiger partial charge in [0.15, 0.2) is 0 Å². The maximum Gasteiger partial charge on any atom is 0.244 e. The summed E-state index contributed by atoms with van der Waals surface area (Å²) in [6, 6.07) is 14.9. The predicted molar refractivity (Wildman–Crippen MR) is 98.2 cm³/mol. The SMILES string of the molecule is Cc1ccc(/C=C\C(=O)N[C@@H](c2ccc(Cl)cc2)c2cccs2)o1. The largest absolute Gasteiger partial charge is 0.462 e. The van der Waals surface area contributed by atoms with Crippen molar-refractivity contribution in [1.29, 1.82) is 0 Å². The molecule has 0 spiro atoms. The second kappa shape index (κ2) is 7.51. The van der Waals surface area contributed by atoms with Gasteiger partial charge >= 0.3 is 0 Å². The van der Waals surface area contributed by atoms with E-state index in [4.69, 9.17) is 16.0 Å². The molecule has 1 amide bonds. The summed E-state index contributed by atoms with van der Waals surface area (Å²) in [5.74, 6) is 1.28. The fourth-order valence-electron chi connectivity index (χ4n) is 2.32. The molecule has 1 N–H and O–H groups in total. The van der Waals surface area contributed by atoms with Crippen molar-refractivity contribution < 1.29 is 9.21 Å². The summed E-state index contributed by atoms with van der Waals surface area (Å²) < 4.78 is 5.43. The third-order valence-electron chi connectivity index (χ3n) is 3.48. The minimum absolute atomic E-state index is 0.183. The quantitative estimate of drug-likeness (QED) is 0.636. The Hall–Kier alpha value is -2.30. The van der Waals surface area contributed by atoms with Crippen molar-refractivity contribution in [3.05, 3.63) is 87.0 Å². The summed E-state index contributed by atoms with van der Waals surface area (Å²) >= 11 is 7.56. The van der Waals surface area contributed by atoms with Gasteiger partial charge in [0.05, 0.1) is 6.04 Å². The third kappa shape index (κ3) is 4.16. The van der Waals surface area contributed by atoms with Crippen LogP contribution in [0, 0.1) is 6.92 Å². The Morgan fingerprint density at radius 2 is 2.00 bits per heavy atom. The minimum atomic E-state index is -0.210. The number of carbonyl (C=O) groups is 1. The van der Waals surface area contributed by atoms with Crippen LogP contribution in [0.1, 0.15) is 28.0 Å². The van der Waals surface area contributed by atoms with E-state index < -0.39 is 0 Å². The molecular weight excluding hydrogens is 342 g/mol. The van der Waals surface area contributed by atoms with Gasteiger partial charge in [-0.3, -0.25) is 4.79 Å². The maximum atomic E-state index is 12.3. The Balaban J connectivity index is 1.78. The fourth-order valence-corrected chi connectivity index (χ4v) is 3.25. The lowest BCUT2D eigenvalue weighted by molar-refractivity contribution is -0.116. The zero-order valence-corrected chi connectivity index (χ0v) is 14.6. The number of furan rings is 1. The molecule has 3 rings (SSSR count). The van der Waals surface area contributed by atoms with Crippen molar-refractivity contribution in [2.45, 2.75) is 13.0 Å². The van der Waals surface area contributed by atoms with Gasteiger partial charge < -0.3 is 9.73 Å². The van der Waals surface area contributed by atoms with E-state index in [0.29, 0.717) is 10.8 Å². The highest BCUT2D eigenvalue weighted by Gasteiger charge is 2.16. The number of hydrogen-bond donors (Lipinski definition) is 1. The van der Waals surface area contributed by atoms with E-state index in [-0.39, 0.29) is 11.9 Å². The molecule has 3 aromatic rings. The van der Waals surface area contributed by atoms with Gasteiger partial charge in [0, 0.05) is 16.0 Å². The van der Waals surface area contributed by atoms with Gasteiger partial charge in [-0.1, -0.05) is 29.8 Å².